The highest BCUT2D eigenvalue weighted by Crippen LogP contribution is 2.24. The zero-order valence-electron chi connectivity index (χ0n) is 16.6. The average Bonchev–Trinajstić information content (AvgIpc) is 3.18. The van der Waals surface area contributed by atoms with Gasteiger partial charge in [-0.25, -0.2) is 0 Å². The van der Waals surface area contributed by atoms with Crippen molar-refractivity contribution in [2.45, 2.75) is 26.4 Å². The van der Waals surface area contributed by atoms with Crippen molar-refractivity contribution in [3.8, 4) is 0 Å². The highest BCUT2D eigenvalue weighted by molar-refractivity contribution is 7.10. The Morgan fingerprint density at radius 2 is 2.21 bits per heavy atom. The van der Waals surface area contributed by atoms with Crippen molar-refractivity contribution in [1.29, 1.82) is 0 Å². The van der Waals surface area contributed by atoms with E-state index >= 15 is 0 Å². The molecule has 7 heteroatoms. The van der Waals surface area contributed by atoms with Crippen molar-refractivity contribution in [3.63, 3.8) is 0 Å². The number of aryl methyl sites for hydroxylation is 1. The number of hydrogen-bond acceptors (Lipinski definition) is 5. The number of rotatable bonds is 6. The molecule has 148 valence electrons. The molecule has 0 atom stereocenters. The maximum atomic E-state index is 12.4. The number of thiophene rings is 1. The van der Waals surface area contributed by atoms with E-state index in [1.54, 1.807) is 17.4 Å². The summed E-state index contributed by atoms with van der Waals surface area (Å²) >= 11 is 1.59. The minimum absolute atomic E-state index is 0.121. The van der Waals surface area contributed by atoms with Gasteiger partial charge in [-0.2, -0.15) is 0 Å². The third-order valence-corrected chi connectivity index (χ3v) is 5.62. The Morgan fingerprint density at radius 1 is 1.39 bits per heavy atom. The van der Waals surface area contributed by atoms with E-state index in [0.29, 0.717) is 26.2 Å². The Hall–Kier alpha value is -2.51. The summed E-state index contributed by atoms with van der Waals surface area (Å²) in [6, 6.07) is 3.93. The molecule has 3 heterocycles. The number of likely N-dealkylation sites (N-methyl/N-ethyl adjacent to an activating group) is 1. The number of carbonyl (C=O) groups excluding carboxylic acids is 2. The number of hydrogen-bond donors (Lipinski definition) is 1. The summed E-state index contributed by atoms with van der Waals surface area (Å²) in [5, 5.41) is 4.95. The Kier molecular flexibility index (Phi) is 6.59. The monoisotopic (exact) mass is 398 g/mol. The molecule has 2 aromatic rings. The highest BCUT2D eigenvalue weighted by atomic mass is 32.1. The molecule has 0 saturated carbocycles. The lowest BCUT2D eigenvalue weighted by atomic mass is 9.95. The van der Waals surface area contributed by atoms with Gasteiger partial charge >= 0.3 is 0 Å². The lowest BCUT2D eigenvalue weighted by molar-refractivity contribution is -0.132. The minimum Gasteiger partial charge on any atom is -0.348 e. The van der Waals surface area contributed by atoms with Crippen LogP contribution < -0.4 is 5.32 Å². The van der Waals surface area contributed by atoms with Crippen LogP contribution in [0.25, 0.3) is 6.08 Å². The van der Waals surface area contributed by atoms with Crippen molar-refractivity contribution in [2.24, 2.45) is 0 Å². The molecular formula is C21H26N4O2S. The smallest absolute Gasteiger partial charge is 0.244 e. The number of nitrogens with one attached hydrogen (secondary N) is 1. The highest BCUT2D eigenvalue weighted by Gasteiger charge is 2.24. The summed E-state index contributed by atoms with van der Waals surface area (Å²) in [6.07, 6.45) is 6.03. The summed E-state index contributed by atoms with van der Waals surface area (Å²) in [4.78, 5) is 33.8. The number of pyridine rings is 1. The Morgan fingerprint density at radius 3 is 2.93 bits per heavy atom. The van der Waals surface area contributed by atoms with Gasteiger partial charge in [0.05, 0.1) is 6.54 Å². The van der Waals surface area contributed by atoms with Crippen LogP contribution in [-0.2, 0) is 29.1 Å². The summed E-state index contributed by atoms with van der Waals surface area (Å²) in [7, 11) is 3.79. The third kappa shape index (κ3) is 5.05. The SMILES string of the molecule is Cc1ncc2c(c1CNC(=O)/C=C/c1cccs1)CCN(C(=O)CN(C)C)C2. The van der Waals surface area contributed by atoms with E-state index in [9.17, 15) is 9.59 Å². The predicted molar refractivity (Wildman–Crippen MR) is 112 cm³/mol. The van der Waals surface area contributed by atoms with Crippen LogP contribution >= 0.6 is 11.3 Å². The van der Waals surface area contributed by atoms with Crippen LogP contribution in [0.2, 0.25) is 0 Å². The second-order valence-electron chi connectivity index (χ2n) is 7.20. The van der Waals surface area contributed by atoms with Crippen molar-refractivity contribution in [3.05, 3.63) is 57.0 Å². The van der Waals surface area contributed by atoms with E-state index in [4.69, 9.17) is 0 Å². The van der Waals surface area contributed by atoms with Gasteiger partial charge < -0.3 is 15.1 Å². The van der Waals surface area contributed by atoms with E-state index in [2.05, 4.69) is 10.3 Å². The summed E-state index contributed by atoms with van der Waals surface area (Å²) < 4.78 is 0. The molecule has 3 rings (SSSR count). The normalized spacial score (nSPS) is 13.8. The quantitative estimate of drug-likeness (QED) is 0.758. The van der Waals surface area contributed by atoms with Crippen LogP contribution in [0, 0.1) is 6.92 Å². The fourth-order valence-corrected chi connectivity index (χ4v) is 3.94. The van der Waals surface area contributed by atoms with Gasteiger partial charge in [-0.1, -0.05) is 6.07 Å². The molecule has 6 nitrogen and oxygen atoms in total. The van der Waals surface area contributed by atoms with Gasteiger partial charge in [-0.15, -0.1) is 11.3 Å². The topological polar surface area (TPSA) is 65.5 Å². The van der Waals surface area contributed by atoms with E-state index in [1.165, 1.54) is 5.56 Å². The van der Waals surface area contributed by atoms with Crippen molar-refractivity contribution in [1.82, 2.24) is 20.1 Å². The molecule has 0 aliphatic carbocycles. The van der Waals surface area contributed by atoms with Gasteiger partial charge in [0.1, 0.15) is 0 Å². The molecular weight excluding hydrogens is 372 g/mol. The summed E-state index contributed by atoms with van der Waals surface area (Å²) in [5.41, 5.74) is 4.27. The van der Waals surface area contributed by atoms with Crippen LogP contribution in [0.5, 0.6) is 0 Å². The van der Waals surface area contributed by atoms with E-state index < -0.39 is 0 Å². The molecule has 0 fully saturated rings. The number of amides is 2. The first kappa shape index (κ1) is 20.2. The first-order valence-corrected chi connectivity index (χ1v) is 10.2. The molecule has 0 radical (unpaired) electrons. The molecule has 1 N–H and O–H groups in total. The zero-order valence-corrected chi connectivity index (χ0v) is 17.4. The largest absolute Gasteiger partial charge is 0.348 e. The number of nitrogens with zero attached hydrogens (tertiary/aromatic N) is 3. The van der Waals surface area contributed by atoms with Crippen molar-refractivity contribution < 1.29 is 9.59 Å². The van der Waals surface area contributed by atoms with Gasteiger partial charge in [-0.05, 0) is 61.7 Å². The lowest BCUT2D eigenvalue weighted by Gasteiger charge is -2.31. The van der Waals surface area contributed by atoms with Crippen LogP contribution in [0.3, 0.4) is 0 Å². The molecule has 28 heavy (non-hydrogen) atoms. The first-order chi connectivity index (χ1) is 13.4. The van der Waals surface area contributed by atoms with Crippen LogP contribution in [0.15, 0.2) is 29.8 Å². The third-order valence-electron chi connectivity index (χ3n) is 4.78. The standard InChI is InChI=1S/C21H26N4O2S/c1-15-19(12-23-20(26)7-6-17-5-4-10-28-17)18-8-9-25(13-16(18)11-22-15)21(27)14-24(2)3/h4-7,10-11H,8-9,12-14H2,1-3H3,(H,23,26)/b7-6+. The van der Waals surface area contributed by atoms with Gasteiger partial charge in [0.25, 0.3) is 0 Å². The Labute approximate surface area is 169 Å². The van der Waals surface area contributed by atoms with Crippen LogP contribution in [0.1, 0.15) is 27.3 Å². The molecule has 0 bridgehead atoms. The predicted octanol–water partition coefficient (Wildman–Crippen LogP) is 2.23. The molecule has 2 amide bonds. The van der Waals surface area contributed by atoms with E-state index in [-0.39, 0.29) is 11.8 Å². The molecule has 0 spiro atoms. The van der Waals surface area contributed by atoms with E-state index in [0.717, 1.165) is 28.1 Å². The second kappa shape index (κ2) is 9.12. The molecule has 0 unspecified atom stereocenters. The molecule has 2 aromatic heterocycles. The maximum Gasteiger partial charge on any atom is 0.244 e. The minimum atomic E-state index is -0.121. The number of carbonyl (C=O) groups is 2. The summed E-state index contributed by atoms with van der Waals surface area (Å²) in [5.74, 6) is 0.00814. The fourth-order valence-electron chi connectivity index (χ4n) is 3.32. The Balaban J connectivity index is 1.66. The average molecular weight is 399 g/mol. The van der Waals surface area contributed by atoms with E-state index in [1.807, 2.05) is 60.6 Å². The van der Waals surface area contributed by atoms with Crippen molar-refractivity contribution in [2.75, 3.05) is 27.2 Å². The van der Waals surface area contributed by atoms with Gasteiger partial charge in [0.2, 0.25) is 11.8 Å². The fraction of sp³-hybridized carbons (Fsp3) is 0.381. The Bertz CT molecular complexity index is 875. The van der Waals surface area contributed by atoms with Crippen molar-refractivity contribution >= 4 is 29.2 Å². The van der Waals surface area contributed by atoms with Crippen LogP contribution in [0.4, 0.5) is 0 Å². The molecule has 1 aliphatic rings. The second-order valence-corrected chi connectivity index (χ2v) is 8.17. The van der Waals surface area contributed by atoms with Crippen LogP contribution in [-0.4, -0.2) is 53.8 Å². The summed E-state index contributed by atoms with van der Waals surface area (Å²) in [6.45, 7) is 4.10. The van der Waals surface area contributed by atoms with Gasteiger partial charge in [0, 0.05) is 42.5 Å². The lowest BCUT2D eigenvalue weighted by Crippen LogP contribution is -2.41. The molecule has 1 aliphatic heterocycles. The molecule has 0 aromatic carbocycles. The molecule has 0 saturated heterocycles. The zero-order chi connectivity index (χ0) is 20.1. The number of fused-ring (bicyclic) bond motifs is 1. The maximum absolute atomic E-state index is 12.4. The van der Waals surface area contributed by atoms with Gasteiger partial charge in [0.15, 0.2) is 0 Å². The first-order valence-electron chi connectivity index (χ1n) is 9.32. The number of aromatic nitrogens is 1. The van der Waals surface area contributed by atoms with Gasteiger partial charge in [-0.3, -0.25) is 14.6 Å².